The molecule has 0 amide bonds. The first-order chi connectivity index (χ1) is 6.15. The molecule has 0 aromatic heterocycles. The largest absolute Gasteiger partial charge is 1.00 e. The minimum Gasteiger partial charge on any atom is -0.796 e. The quantitative estimate of drug-likeness (QED) is 0.488. The van der Waals surface area contributed by atoms with E-state index in [4.69, 9.17) is 5.11 Å². The van der Waals surface area contributed by atoms with Gasteiger partial charge in [0.1, 0.15) is 0 Å². The van der Waals surface area contributed by atoms with Crippen LogP contribution in [0.25, 0.3) is 0 Å². The predicted molar refractivity (Wildman–Crippen MR) is 47.9 cm³/mol. The van der Waals surface area contributed by atoms with Gasteiger partial charge in [0, 0.05) is 12.1 Å². The van der Waals surface area contributed by atoms with Crippen molar-refractivity contribution in [3.63, 3.8) is 0 Å². The summed E-state index contributed by atoms with van der Waals surface area (Å²) in [6.45, 7) is 0. The minimum atomic E-state index is -1.09. The van der Waals surface area contributed by atoms with Crippen LogP contribution in [0.1, 0.15) is 0 Å². The van der Waals surface area contributed by atoms with Gasteiger partial charge in [0.25, 0.3) is 0 Å². The van der Waals surface area contributed by atoms with E-state index in [9.17, 15) is 8.78 Å². The number of methoxy groups -OCH3 is 1. The Morgan fingerprint density at radius 3 is 2.07 bits per heavy atom. The number of halogens is 2. The molecule has 0 atom stereocenters. The number of phenolic OH excluding ortho intramolecular Hbond substituents is 1. The van der Waals surface area contributed by atoms with Crippen LogP contribution in [0.4, 0.5) is 8.78 Å². The smallest absolute Gasteiger partial charge is 0.796 e. The Labute approximate surface area is 109 Å². The summed E-state index contributed by atoms with van der Waals surface area (Å²) in [5, 5.41) is 8.88. The molecule has 0 heterocycles. The zero-order valence-electron chi connectivity index (χ0n) is 8.17. The number of phenols is 1. The van der Waals surface area contributed by atoms with E-state index in [0.29, 0.717) is 6.07 Å². The van der Waals surface area contributed by atoms with Crippen LogP contribution in [0.2, 0.25) is 0 Å². The number of rotatable bonds is 1. The molecule has 0 aliphatic rings. The third-order valence-corrected chi connectivity index (χ3v) is 1.22. The molecule has 2 nitrogen and oxygen atoms in total. The maximum atomic E-state index is 12.4. The van der Waals surface area contributed by atoms with Gasteiger partial charge in [-0.2, -0.15) is 6.26 Å². The SMILES string of the molecule is COc1cc(F)c(F)cc1O.C[S-].[Na+]. The van der Waals surface area contributed by atoms with Crippen LogP contribution in [0.15, 0.2) is 12.1 Å². The van der Waals surface area contributed by atoms with E-state index in [1.807, 2.05) is 0 Å². The Hall–Kier alpha value is 0.0300. The van der Waals surface area contributed by atoms with E-state index in [1.165, 1.54) is 7.11 Å². The molecule has 0 aliphatic heterocycles. The molecule has 0 saturated heterocycles. The third-order valence-electron chi connectivity index (χ3n) is 1.22. The monoisotopic (exact) mass is 230 g/mol. The summed E-state index contributed by atoms with van der Waals surface area (Å²) in [7, 11) is 1.26. The van der Waals surface area contributed by atoms with Crippen LogP contribution >= 0.6 is 0 Å². The molecule has 14 heavy (non-hydrogen) atoms. The van der Waals surface area contributed by atoms with Crippen LogP contribution in [-0.2, 0) is 12.6 Å². The van der Waals surface area contributed by atoms with Gasteiger partial charge in [0.2, 0.25) is 0 Å². The molecule has 74 valence electrons. The van der Waals surface area contributed by atoms with Gasteiger partial charge < -0.3 is 22.5 Å². The third kappa shape index (κ3) is 4.50. The van der Waals surface area contributed by atoms with Crippen molar-refractivity contribution in [1.29, 1.82) is 0 Å². The maximum absolute atomic E-state index is 12.4. The van der Waals surface area contributed by atoms with Gasteiger partial charge in [0.15, 0.2) is 23.1 Å². The molecule has 0 unspecified atom stereocenters. The van der Waals surface area contributed by atoms with Gasteiger partial charge in [-0.25, -0.2) is 8.78 Å². The van der Waals surface area contributed by atoms with Gasteiger partial charge in [0.05, 0.1) is 7.11 Å². The molecule has 1 N–H and O–H groups in total. The molecule has 1 aromatic carbocycles. The maximum Gasteiger partial charge on any atom is 1.00 e. The number of ether oxygens (including phenoxy) is 1. The summed E-state index contributed by atoms with van der Waals surface area (Å²) in [6, 6.07) is 1.44. The van der Waals surface area contributed by atoms with Crippen molar-refractivity contribution in [2.45, 2.75) is 0 Å². The van der Waals surface area contributed by atoms with Gasteiger partial charge >= 0.3 is 29.6 Å². The Bertz CT molecular complexity index is 284. The van der Waals surface area contributed by atoms with E-state index in [-0.39, 0.29) is 35.3 Å². The van der Waals surface area contributed by atoms with Crippen molar-refractivity contribution in [3.05, 3.63) is 23.8 Å². The summed E-state index contributed by atoms with van der Waals surface area (Å²) in [5.41, 5.74) is 0. The standard InChI is InChI=1S/C7H6F2O2.CH4S.Na/c1-11-7-3-5(9)4(8)2-6(7)10;1-2;/h2-3,10H,1H3;2H,1H3;/q;;+1/p-1. The van der Waals surface area contributed by atoms with Gasteiger partial charge in [-0.1, -0.05) is 0 Å². The van der Waals surface area contributed by atoms with Crippen molar-refractivity contribution < 1.29 is 48.2 Å². The van der Waals surface area contributed by atoms with E-state index >= 15 is 0 Å². The number of hydrogen-bond donors (Lipinski definition) is 1. The van der Waals surface area contributed by atoms with E-state index < -0.39 is 17.4 Å². The molecule has 1 rings (SSSR count). The van der Waals surface area contributed by atoms with Crippen LogP contribution < -0.4 is 34.3 Å². The summed E-state index contributed by atoms with van der Waals surface area (Å²) in [6.07, 6.45) is 1.58. The molecule has 1 aromatic rings. The second-order valence-corrected chi connectivity index (χ2v) is 1.94. The zero-order chi connectivity index (χ0) is 10.4. The average Bonchev–Trinajstić information content (AvgIpc) is 2.15. The molecular formula is C8H9F2NaO2S. The van der Waals surface area contributed by atoms with Crippen LogP contribution in [0, 0.1) is 11.6 Å². The van der Waals surface area contributed by atoms with Gasteiger partial charge in [-0.05, 0) is 0 Å². The van der Waals surface area contributed by atoms with Crippen molar-refractivity contribution in [2.24, 2.45) is 0 Å². The van der Waals surface area contributed by atoms with Gasteiger partial charge in [-0.15, -0.1) is 0 Å². The van der Waals surface area contributed by atoms with Crippen molar-refractivity contribution in [2.75, 3.05) is 13.4 Å². The Balaban J connectivity index is 0. The minimum absolute atomic E-state index is 0. The summed E-state index contributed by atoms with van der Waals surface area (Å²) >= 11 is 4.08. The second-order valence-electron chi connectivity index (χ2n) is 1.94. The Morgan fingerprint density at radius 2 is 1.64 bits per heavy atom. The molecule has 6 heteroatoms. The Morgan fingerprint density at radius 1 is 1.21 bits per heavy atom. The fraction of sp³-hybridized carbons (Fsp3) is 0.250. The molecule has 0 aliphatic carbocycles. The van der Waals surface area contributed by atoms with Gasteiger partial charge in [-0.3, -0.25) is 0 Å². The molecular weight excluding hydrogens is 221 g/mol. The summed E-state index contributed by atoms with van der Waals surface area (Å²) < 4.78 is 29.2. The first-order valence-electron chi connectivity index (χ1n) is 3.28. The molecule has 0 saturated carbocycles. The first kappa shape index (κ1) is 16.5. The topological polar surface area (TPSA) is 29.5 Å². The zero-order valence-corrected chi connectivity index (χ0v) is 11.0. The fourth-order valence-electron chi connectivity index (χ4n) is 0.682. The average molecular weight is 230 g/mol. The summed E-state index contributed by atoms with van der Waals surface area (Å²) in [5.74, 6) is -2.63. The number of hydrogen-bond acceptors (Lipinski definition) is 3. The fourth-order valence-corrected chi connectivity index (χ4v) is 0.682. The van der Waals surface area contributed by atoms with Crippen LogP contribution in [0.3, 0.4) is 0 Å². The Kier molecular flexibility index (Phi) is 9.81. The van der Waals surface area contributed by atoms with Crippen LogP contribution in [0.5, 0.6) is 11.5 Å². The normalized spacial score (nSPS) is 8.07. The summed E-state index contributed by atoms with van der Waals surface area (Å²) in [4.78, 5) is 0. The van der Waals surface area contributed by atoms with Crippen molar-refractivity contribution >= 4 is 12.6 Å². The molecule has 0 fully saturated rings. The first-order valence-corrected chi connectivity index (χ1v) is 4.09. The van der Waals surface area contributed by atoms with E-state index in [0.717, 1.165) is 6.07 Å². The molecule has 0 bridgehead atoms. The number of benzene rings is 1. The van der Waals surface area contributed by atoms with Crippen molar-refractivity contribution in [1.82, 2.24) is 0 Å². The molecule has 0 radical (unpaired) electrons. The van der Waals surface area contributed by atoms with E-state index in [2.05, 4.69) is 17.4 Å². The molecule has 0 spiro atoms. The van der Waals surface area contributed by atoms with Crippen molar-refractivity contribution in [3.8, 4) is 11.5 Å². The number of aromatic hydroxyl groups is 1. The second kappa shape index (κ2) is 8.35. The van der Waals surface area contributed by atoms with E-state index in [1.54, 1.807) is 6.26 Å². The predicted octanol–water partition coefficient (Wildman–Crippen LogP) is -1.15. The van der Waals surface area contributed by atoms with Crippen LogP contribution in [-0.4, -0.2) is 18.5 Å².